The summed E-state index contributed by atoms with van der Waals surface area (Å²) < 4.78 is 3.55. The van der Waals surface area contributed by atoms with Crippen LogP contribution in [0.4, 0.5) is 0 Å². The first-order valence-electron chi connectivity index (χ1n) is 6.64. The number of hydrogen-bond donors (Lipinski definition) is 2. The molecule has 1 unspecified atom stereocenters. The minimum absolute atomic E-state index is 0.0480. The molecule has 0 fully saturated rings. The summed E-state index contributed by atoms with van der Waals surface area (Å²) in [4.78, 5) is 0. The summed E-state index contributed by atoms with van der Waals surface area (Å²) in [5.74, 6) is 5.72. The fourth-order valence-electron chi connectivity index (χ4n) is 2.40. The zero-order chi connectivity index (χ0) is 14.9. The van der Waals surface area contributed by atoms with Crippen LogP contribution < -0.4 is 11.3 Å². The smallest absolute Gasteiger partial charge is 0.130 e. The predicted molar refractivity (Wildman–Crippen MR) is 79.3 cm³/mol. The largest absolute Gasteiger partial charge is 0.271 e. The minimum atomic E-state index is -0.0480. The van der Waals surface area contributed by atoms with Gasteiger partial charge in [0.15, 0.2) is 0 Å². The van der Waals surface area contributed by atoms with Crippen LogP contribution >= 0.6 is 11.6 Å². The van der Waals surface area contributed by atoms with Crippen molar-refractivity contribution in [1.29, 1.82) is 0 Å². The Hall–Kier alpha value is -1.37. The van der Waals surface area contributed by atoms with Crippen LogP contribution in [-0.4, -0.2) is 19.6 Å². The van der Waals surface area contributed by atoms with E-state index in [1.54, 1.807) is 4.68 Å². The van der Waals surface area contributed by atoms with Gasteiger partial charge in [0.25, 0.3) is 0 Å². The fourth-order valence-corrected chi connectivity index (χ4v) is 2.65. The second kappa shape index (κ2) is 5.95. The quantitative estimate of drug-likeness (QED) is 0.646. The Balaban J connectivity index is 2.31. The lowest BCUT2D eigenvalue weighted by molar-refractivity contribution is 0.507. The zero-order valence-electron chi connectivity index (χ0n) is 12.3. The second-order valence-corrected chi connectivity index (χ2v) is 5.30. The molecule has 3 N–H and O–H groups in total. The highest BCUT2D eigenvalue weighted by Gasteiger charge is 2.20. The highest BCUT2D eigenvalue weighted by atomic mass is 35.5. The van der Waals surface area contributed by atoms with E-state index in [0.29, 0.717) is 11.6 Å². The van der Waals surface area contributed by atoms with Gasteiger partial charge in [-0.3, -0.25) is 20.6 Å². The Morgan fingerprint density at radius 3 is 2.50 bits per heavy atom. The third kappa shape index (κ3) is 2.72. The third-order valence-electron chi connectivity index (χ3n) is 3.57. The lowest BCUT2D eigenvalue weighted by atomic mass is 10.0. The molecule has 0 aliphatic rings. The average Bonchev–Trinajstić information content (AvgIpc) is 2.90. The molecule has 110 valence electrons. The first-order valence-corrected chi connectivity index (χ1v) is 7.02. The normalized spacial score (nSPS) is 12.9. The van der Waals surface area contributed by atoms with Crippen molar-refractivity contribution in [2.45, 2.75) is 32.7 Å². The van der Waals surface area contributed by atoms with Gasteiger partial charge in [-0.2, -0.15) is 10.2 Å². The van der Waals surface area contributed by atoms with Crippen LogP contribution in [0.5, 0.6) is 0 Å². The molecule has 0 aliphatic heterocycles. The maximum absolute atomic E-state index is 6.28. The standard InChI is InChI=1S/C13H21ClN6/c1-5-9-6-12(19(3)18-9)11(16-15)7-10-8(2)17-20(4)13(10)14/h6,11,16H,5,7,15H2,1-4H3. The molecule has 0 aromatic carbocycles. The van der Waals surface area contributed by atoms with Crippen molar-refractivity contribution in [1.82, 2.24) is 25.0 Å². The molecule has 0 spiro atoms. The molecule has 2 rings (SSSR count). The molecule has 0 saturated carbocycles. The van der Waals surface area contributed by atoms with Gasteiger partial charge in [0.1, 0.15) is 5.15 Å². The molecule has 0 bridgehead atoms. The van der Waals surface area contributed by atoms with E-state index in [1.807, 2.05) is 25.7 Å². The van der Waals surface area contributed by atoms with Gasteiger partial charge in [0, 0.05) is 19.7 Å². The molecular weight excluding hydrogens is 276 g/mol. The second-order valence-electron chi connectivity index (χ2n) is 4.94. The number of aromatic nitrogens is 4. The minimum Gasteiger partial charge on any atom is -0.271 e. The van der Waals surface area contributed by atoms with Crippen molar-refractivity contribution in [3.63, 3.8) is 0 Å². The fraction of sp³-hybridized carbons (Fsp3) is 0.538. The number of nitrogens with two attached hydrogens (primary N) is 1. The lowest BCUT2D eigenvalue weighted by Gasteiger charge is -2.16. The van der Waals surface area contributed by atoms with E-state index in [1.165, 1.54) is 0 Å². The summed E-state index contributed by atoms with van der Waals surface area (Å²) in [6.07, 6.45) is 1.58. The van der Waals surface area contributed by atoms with Gasteiger partial charge in [0.2, 0.25) is 0 Å². The summed E-state index contributed by atoms with van der Waals surface area (Å²) in [7, 11) is 3.76. The van der Waals surface area contributed by atoms with E-state index in [2.05, 4.69) is 28.6 Å². The van der Waals surface area contributed by atoms with E-state index in [4.69, 9.17) is 17.4 Å². The highest BCUT2D eigenvalue weighted by Crippen LogP contribution is 2.25. The maximum Gasteiger partial charge on any atom is 0.130 e. The number of halogens is 1. The van der Waals surface area contributed by atoms with Gasteiger partial charge in [-0.15, -0.1) is 0 Å². The van der Waals surface area contributed by atoms with Gasteiger partial charge in [0.05, 0.1) is 23.1 Å². The maximum atomic E-state index is 6.28. The van der Waals surface area contributed by atoms with Crippen LogP contribution in [0.2, 0.25) is 5.15 Å². The van der Waals surface area contributed by atoms with Crippen molar-refractivity contribution in [3.05, 3.63) is 33.9 Å². The predicted octanol–water partition coefficient (Wildman–Crippen LogP) is 1.42. The summed E-state index contributed by atoms with van der Waals surface area (Å²) in [6, 6.07) is 2.03. The van der Waals surface area contributed by atoms with Crippen molar-refractivity contribution >= 4 is 11.6 Å². The number of hydrogen-bond acceptors (Lipinski definition) is 4. The van der Waals surface area contributed by atoms with Crippen LogP contribution in [0.25, 0.3) is 0 Å². The molecule has 0 saturated heterocycles. The lowest BCUT2D eigenvalue weighted by Crippen LogP contribution is -2.31. The van der Waals surface area contributed by atoms with Crippen molar-refractivity contribution in [2.75, 3.05) is 0 Å². The Kier molecular flexibility index (Phi) is 4.47. The van der Waals surface area contributed by atoms with Crippen molar-refractivity contribution < 1.29 is 0 Å². The van der Waals surface area contributed by atoms with Crippen molar-refractivity contribution in [3.8, 4) is 0 Å². The molecule has 0 aliphatic carbocycles. The van der Waals surface area contributed by atoms with Gasteiger partial charge >= 0.3 is 0 Å². The third-order valence-corrected chi connectivity index (χ3v) is 4.04. The molecule has 6 nitrogen and oxygen atoms in total. The average molecular weight is 297 g/mol. The van der Waals surface area contributed by atoms with Crippen LogP contribution in [-0.2, 0) is 26.9 Å². The number of nitrogens with one attached hydrogen (secondary N) is 1. The highest BCUT2D eigenvalue weighted by molar-refractivity contribution is 6.30. The number of hydrazine groups is 1. The van der Waals surface area contributed by atoms with Crippen LogP contribution in [0.1, 0.15) is 35.6 Å². The van der Waals surface area contributed by atoms with E-state index >= 15 is 0 Å². The molecule has 20 heavy (non-hydrogen) atoms. The molecule has 0 amide bonds. The van der Waals surface area contributed by atoms with Gasteiger partial charge in [-0.1, -0.05) is 18.5 Å². The van der Waals surface area contributed by atoms with E-state index in [-0.39, 0.29) is 6.04 Å². The monoisotopic (exact) mass is 296 g/mol. The summed E-state index contributed by atoms with van der Waals surface area (Å²) in [6.45, 7) is 4.04. The SMILES string of the molecule is CCc1cc(C(Cc2c(C)nn(C)c2Cl)NN)n(C)n1. The van der Waals surface area contributed by atoms with Crippen LogP contribution in [0, 0.1) is 6.92 Å². The van der Waals surface area contributed by atoms with Crippen LogP contribution in [0.3, 0.4) is 0 Å². The molecule has 2 heterocycles. The number of aryl methyl sites for hydroxylation is 4. The Bertz CT molecular complexity index is 600. The first-order chi connectivity index (χ1) is 9.47. The first kappa shape index (κ1) is 15.0. The van der Waals surface area contributed by atoms with Gasteiger partial charge in [-0.05, 0) is 25.8 Å². The van der Waals surface area contributed by atoms with E-state index in [0.717, 1.165) is 29.1 Å². The Morgan fingerprint density at radius 1 is 1.35 bits per heavy atom. The summed E-state index contributed by atoms with van der Waals surface area (Å²) >= 11 is 6.28. The van der Waals surface area contributed by atoms with Gasteiger partial charge in [-0.25, -0.2) is 0 Å². The molecule has 2 aromatic heterocycles. The number of nitrogens with zero attached hydrogens (tertiary/aromatic N) is 4. The summed E-state index contributed by atoms with van der Waals surface area (Å²) in [5, 5.41) is 9.44. The Labute approximate surface area is 123 Å². The molecular formula is C13H21ClN6. The van der Waals surface area contributed by atoms with Gasteiger partial charge < -0.3 is 0 Å². The molecule has 2 aromatic rings. The van der Waals surface area contributed by atoms with Crippen molar-refractivity contribution in [2.24, 2.45) is 19.9 Å². The van der Waals surface area contributed by atoms with Crippen LogP contribution in [0.15, 0.2) is 6.07 Å². The Morgan fingerprint density at radius 2 is 2.05 bits per heavy atom. The molecule has 0 radical (unpaired) electrons. The van der Waals surface area contributed by atoms with E-state index in [9.17, 15) is 0 Å². The number of rotatable bonds is 5. The topological polar surface area (TPSA) is 73.7 Å². The molecule has 7 heteroatoms. The zero-order valence-corrected chi connectivity index (χ0v) is 13.1. The summed E-state index contributed by atoms with van der Waals surface area (Å²) in [5.41, 5.74) is 6.89. The van der Waals surface area contributed by atoms with E-state index < -0.39 is 0 Å². The molecule has 1 atom stereocenters.